The highest BCUT2D eigenvalue weighted by atomic mass is 16.2. The van der Waals surface area contributed by atoms with Crippen LogP contribution in [0.4, 0.5) is 0 Å². The molecule has 1 aromatic heterocycles. The van der Waals surface area contributed by atoms with E-state index in [1.54, 1.807) is 9.80 Å². The van der Waals surface area contributed by atoms with Gasteiger partial charge in [0.25, 0.3) is 0 Å². The number of aryl methyl sites for hydroxylation is 1. The molecule has 0 radical (unpaired) electrons. The Balaban J connectivity index is 2.03. The molecule has 2 amide bonds. The van der Waals surface area contributed by atoms with Crippen LogP contribution in [0.3, 0.4) is 0 Å². The molecule has 0 atom stereocenters. The first-order valence-electron chi connectivity index (χ1n) is 8.02. The SMILES string of the molecule is Cc1c2nc(c(C)c1C)CN1CCN(CCCC2)C(=O)C1=O. The number of pyridine rings is 1. The molecule has 5 heteroatoms. The molecule has 5 nitrogen and oxygen atoms in total. The van der Waals surface area contributed by atoms with Gasteiger partial charge in [-0.05, 0) is 56.7 Å². The van der Waals surface area contributed by atoms with Gasteiger partial charge in [0.2, 0.25) is 0 Å². The molecule has 1 aromatic rings. The van der Waals surface area contributed by atoms with Gasteiger partial charge in [-0.3, -0.25) is 14.6 Å². The van der Waals surface area contributed by atoms with Crippen LogP contribution in [0.2, 0.25) is 0 Å². The highest BCUT2D eigenvalue weighted by Crippen LogP contribution is 2.23. The minimum Gasteiger partial charge on any atom is -0.333 e. The molecule has 22 heavy (non-hydrogen) atoms. The quantitative estimate of drug-likeness (QED) is 0.683. The Labute approximate surface area is 131 Å². The van der Waals surface area contributed by atoms with Crippen LogP contribution in [0, 0.1) is 20.8 Å². The fraction of sp³-hybridized carbons (Fsp3) is 0.588. The van der Waals surface area contributed by atoms with Gasteiger partial charge < -0.3 is 9.80 Å². The smallest absolute Gasteiger partial charge is 0.312 e. The molecule has 0 spiro atoms. The van der Waals surface area contributed by atoms with E-state index in [4.69, 9.17) is 4.98 Å². The molecule has 0 saturated carbocycles. The molecule has 3 aliphatic rings. The summed E-state index contributed by atoms with van der Waals surface area (Å²) in [5, 5.41) is 0. The normalized spacial score (nSPS) is 19.2. The van der Waals surface area contributed by atoms with Gasteiger partial charge in [-0.15, -0.1) is 0 Å². The molecule has 0 unspecified atom stereocenters. The van der Waals surface area contributed by atoms with Crippen LogP contribution >= 0.6 is 0 Å². The van der Waals surface area contributed by atoms with Gasteiger partial charge in [0.05, 0.1) is 12.2 Å². The minimum absolute atomic E-state index is 0.353. The fourth-order valence-electron chi connectivity index (χ4n) is 3.30. The van der Waals surface area contributed by atoms with Gasteiger partial charge >= 0.3 is 11.8 Å². The van der Waals surface area contributed by atoms with E-state index in [9.17, 15) is 9.59 Å². The summed E-state index contributed by atoms with van der Waals surface area (Å²) in [5.41, 5.74) is 5.74. The van der Waals surface area contributed by atoms with Gasteiger partial charge in [-0.2, -0.15) is 0 Å². The van der Waals surface area contributed by atoms with E-state index in [0.717, 1.165) is 36.2 Å². The van der Waals surface area contributed by atoms with Crippen LogP contribution in [-0.2, 0) is 22.6 Å². The van der Waals surface area contributed by atoms with Crippen LogP contribution < -0.4 is 0 Å². The summed E-state index contributed by atoms with van der Waals surface area (Å²) in [4.78, 5) is 32.6. The Morgan fingerprint density at radius 2 is 1.41 bits per heavy atom. The molecule has 0 N–H and O–H groups in total. The van der Waals surface area contributed by atoms with E-state index in [1.165, 1.54) is 11.1 Å². The molecule has 118 valence electrons. The van der Waals surface area contributed by atoms with Gasteiger partial charge in [0.1, 0.15) is 0 Å². The Bertz CT molecular complexity index is 637. The molecule has 4 bridgehead atoms. The van der Waals surface area contributed by atoms with Gasteiger partial charge in [0.15, 0.2) is 0 Å². The van der Waals surface area contributed by atoms with Crippen LogP contribution in [0.15, 0.2) is 0 Å². The summed E-state index contributed by atoms with van der Waals surface area (Å²) in [6, 6.07) is 0. The highest BCUT2D eigenvalue weighted by Gasteiger charge is 2.33. The molecular formula is C17H23N3O2. The predicted octanol–water partition coefficient (Wildman–Crippen LogP) is 1.51. The number of hydrogen-bond acceptors (Lipinski definition) is 3. The first kappa shape index (κ1) is 15.0. The third kappa shape index (κ3) is 2.49. The van der Waals surface area contributed by atoms with E-state index < -0.39 is 0 Å². The molecular weight excluding hydrogens is 278 g/mol. The van der Waals surface area contributed by atoms with Crippen molar-refractivity contribution in [2.45, 2.75) is 46.6 Å². The molecule has 4 rings (SSSR count). The van der Waals surface area contributed by atoms with Crippen molar-refractivity contribution in [3.05, 3.63) is 28.1 Å². The third-order valence-electron chi connectivity index (χ3n) is 5.09. The zero-order valence-corrected chi connectivity index (χ0v) is 13.6. The first-order chi connectivity index (χ1) is 10.5. The lowest BCUT2D eigenvalue weighted by Gasteiger charge is -2.34. The number of carbonyl (C=O) groups excluding carboxylic acids is 2. The van der Waals surface area contributed by atoms with Crippen molar-refractivity contribution in [2.24, 2.45) is 0 Å². The topological polar surface area (TPSA) is 53.5 Å². The van der Waals surface area contributed by atoms with Crippen molar-refractivity contribution in [1.82, 2.24) is 14.8 Å². The standard InChI is InChI=1S/C17H23N3O2/c1-11-12(2)14-6-4-5-7-19-8-9-20(17(22)16(19)21)10-15(18-14)13(11)3/h4-10H2,1-3H3. The Hall–Kier alpha value is -1.91. The second-order valence-corrected chi connectivity index (χ2v) is 6.36. The number of aromatic nitrogens is 1. The lowest BCUT2D eigenvalue weighted by molar-refractivity contribution is -0.156. The van der Waals surface area contributed by atoms with Gasteiger partial charge in [-0.25, -0.2) is 0 Å². The number of amides is 2. The Morgan fingerprint density at radius 1 is 0.773 bits per heavy atom. The predicted molar refractivity (Wildman–Crippen MR) is 83.4 cm³/mol. The van der Waals surface area contributed by atoms with E-state index in [0.29, 0.717) is 26.2 Å². The first-order valence-corrected chi connectivity index (χ1v) is 8.02. The van der Waals surface area contributed by atoms with Crippen molar-refractivity contribution in [2.75, 3.05) is 19.6 Å². The fourth-order valence-corrected chi connectivity index (χ4v) is 3.30. The number of carbonyl (C=O) groups is 2. The second-order valence-electron chi connectivity index (χ2n) is 6.36. The van der Waals surface area contributed by atoms with Crippen LogP contribution in [0.5, 0.6) is 0 Å². The van der Waals surface area contributed by atoms with Crippen molar-refractivity contribution >= 4 is 11.8 Å². The number of piperazine rings is 1. The average molecular weight is 301 g/mol. The zero-order chi connectivity index (χ0) is 15.9. The van der Waals surface area contributed by atoms with Crippen molar-refractivity contribution < 1.29 is 9.59 Å². The molecule has 1 fully saturated rings. The summed E-state index contributed by atoms with van der Waals surface area (Å²) >= 11 is 0. The largest absolute Gasteiger partial charge is 0.333 e. The molecule has 4 heterocycles. The Morgan fingerprint density at radius 3 is 2.18 bits per heavy atom. The molecule has 0 aromatic carbocycles. The second kappa shape index (κ2) is 5.71. The Kier molecular flexibility index (Phi) is 3.89. The summed E-state index contributed by atoms with van der Waals surface area (Å²) in [6.07, 6.45) is 2.86. The number of rotatable bonds is 0. The lowest BCUT2D eigenvalue weighted by Crippen LogP contribution is -2.54. The van der Waals surface area contributed by atoms with Gasteiger partial charge in [-0.1, -0.05) is 0 Å². The van der Waals surface area contributed by atoms with E-state index >= 15 is 0 Å². The summed E-state index contributed by atoms with van der Waals surface area (Å²) in [6.45, 7) is 8.67. The number of hydrogen-bond donors (Lipinski definition) is 0. The maximum Gasteiger partial charge on any atom is 0.312 e. The van der Waals surface area contributed by atoms with Crippen molar-refractivity contribution in [1.29, 1.82) is 0 Å². The summed E-state index contributed by atoms with van der Waals surface area (Å²) in [5.74, 6) is -0.735. The van der Waals surface area contributed by atoms with Gasteiger partial charge in [0, 0.05) is 25.3 Å². The average Bonchev–Trinajstić information content (AvgIpc) is 2.50. The van der Waals surface area contributed by atoms with Crippen LogP contribution in [-0.4, -0.2) is 46.2 Å². The van der Waals surface area contributed by atoms with E-state index in [2.05, 4.69) is 20.8 Å². The third-order valence-corrected chi connectivity index (χ3v) is 5.09. The van der Waals surface area contributed by atoms with Crippen molar-refractivity contribution in [3.63, 3.8) is 0 Å². The maximum atomic E-state index is 12.3. The molecule has 3 aliphatic heterocycles. The highest BCUT2D eigenvalue weighted by molar-refractivity contribution is 6.35. The monoisotopic (exact) mass is 301 g/mol. The summed E-state index contributed by atoms with van der Waals surface area (Å²) < 4.78 is 0. The molecule has 1 saturated heterocycles. The zero-order valence-electron chi connectivity index (χ0n) is 13.6. The minimum atomic E-state index is -0.382. The molecule has 0 aliphatic carbocycles. The maximum absolute atomic E-state index is 12.3. The lowest BCUT2D eigenvalue weighted by atomic mass is 9.98. The van der Waals surface area contributed by atoms with E-state index in [1.807, 2.05) is 0 Å². The van der Waals surface area contributed by atoms with Crippen LogP contribution in [0.1, 0.15) is 40.9 Å². The van der Waals surface area contributed by atoms with Crippen LogP contribution in [0.25, 0.3) is 0 Å². The summed E-state index contributed by atoms with van der Waals surface area (Å²) in [7, 11) is 0. The van der Waals surface area contributed by atoms with E-state index in [-0.39, 0.29) is 11.8 Å². The number of fused-ring (bicyclic) bond motifs is 5. The van der Waals surface area contributed by atoms with Crippen molar-refractivity contribution in [3.8, 4) is 0 Å². The number of nitrogens with zero attached hydrogens (tertiary/aromatic N) is 3.